The van der Waals surface area contributed by atoms with E-state index in [9.17, 15) is 14.7 Å². The molecule has 3 N–H and O–H groups in total. The van der Waals surface area contributed by atoms with E-state index in [1.807, 2.05) is 32.1 Å². The monoisotopic (exact) mass is 400 g/mol. The van der Waals surface area contributed by atoms with Gasteiger partial charge in [0.05, 0.1) is 0 Å². The molecule has 1 fully saturated rings. The summed E-state index contributed by atoms with van der Waals surface area (Å²) in [5, 5.41) is 9.77. The number of amides is 2. The van der Waals surface area contributed by atoms with Crippen molar-refractivity contribution in [3.05, 3.63) is 23.8 Å². The summed E-state index contributed by atoms with van der Waals surface area (Å²) >= 11 is 0. The van der Waals surface area contributed by atoms with Gasteiger partial charge in [0.25, 0.3) is 5.91 Å². The van der Waals surface area contributed by atoms with Crippen LogP contribution in [0.25, 0.3) is 0 Å². The Hall–Kier alpha value is -1.94. The van der Waals surface area contributed by atoms with Crippen molar-refractivity contribution in [2.45, 2.75) is 71.2 Å². The van der Waals surface area contributed by atoms with Crippen LogP contribution in [0, 0.1) is 0 Å². The van der Waals surface area contributed by atoms with E-state index >= 15 is 0 Å². The summed E-state index contributed by atoms with van der Waals surface area (Å²) in [4.78, 5) is 24.0. The van der Waals surface area contributed by atoms with E-state index in [1.54, 1.807) is 0 Å². The van der Waals surface area contributed by atoms with Gasteiger partial charge in [0.1, 0.15) is 18.8 Å². The Morgan fingerprint density at radius 1 is 1.32 bits per heavy atom. The molecule has 1 aliphatic heterocycles. The third kappa shape index (κ3) is 8.83. The van der Waals surface area contributed by atoms with Gasteiger partial charge in [0, 0.05) is 13.5 Å². The number of rotatable bonds is 9. The SMILES string of the molecule is C/C=C\C/C(=C\CC)COC(=O)NNC(=O)[C@@H]1CC(OC(C)(C)O)C(OC)O1. The predicted octanol–water partition coefficient (Wildman–Crippen LogP) is 1.92. The number of hydrogen-bond donors (Lipinski definition) is 3. The van der Waals surface area contributed by atoms with Crippen molar-refractivity contribution in [2.75, 3.05) is 13.7 Å². The number of carbonyl (C=O) groups excluding carboxylic acids is 2. The standard InChI is InChI=1S/C19H32N2O7/c1-6-8-10-13(9-7-2)12-26-18(23)21-20-16(22)14-11-15(17(25-5)27-14)28-19(3,4)24/h6,8-9,14-15,17,24H,7,10-12H2,1-5H3,(H,20,22)(H,21,23)/b8-6-,13-9+/t14-,15?,17?/m0/s1. The molecule has 0 radical (unpaired) electrons. The van der Waals surface area contributed by atoms with Crippen LogP contribution in [0.3, 0.4) is 0 Å². The van der Waals surface area contributed by atoms with Crippen molar-refractivity contribution in [1.82, 2.24) is 10.9 Å². The highest BCUT2D eigenvalue weighted by Crippen LogP contribution is 2.27. The lowest BCUT2D eigenvalue weighted by atomic mass is 10.1. The topological polar surface area (TPSA) is 115 Å². The molecule has 0 aromatic carbocycles. The van der Waals surface area contributed by atoms with Crippen LogP contribution in [0.4, 0.5) is 4.79 Å². The van der Waals surface area contributed by atoms with Gasteiger partial charge in [-0.15, -0.1) is 0 Å². The van der Waals surface area contributed by atoms with E-state index in [0.717, 1.165) is 12.0 Å². The zero-order valence-corrected chi connectivity index (χ0v) is 17.2. The number of carbonyl (C=O) groups is 2. The number of methoxy groups -OCH3 is 1. The molecule has 3 atom stereocenters. The van der Waals surface area contributed by atoms with Crippen molar-refractivity contribution >= 4 is 12.0 Å². The van der Waals surface area contributed by atoms with Gasteiger partial charge in [0.2, 0.25) is 0 Å². The van der Waals surface area contributed by atoms with Crippen molar-refractivity contribution < 1.29 is 33.6 Å². The molecule has 0 aromatic rings. The van der Waals surface area contributed by atoms with Crippen molar-refractivity contribution in [1.29, 1.82) is 0 Å². The van der Waals surface area contributed by atoms with Gasteiger partial charge in [0.15, 0.2) is 12.1 Å². The second-order valence-corrected chi connectivity index (χ2v) is 6.80. The van der Waals surface area contributed by atoms with Crippen LogP contribution >= 0.6 is 0 Å². The Bertz CT molecular complexity index is 569. The summed E-state index contributed by atoms with van der Waals surface area (Å²) in [7, 11) is 1.41. The average Bonchev–Trinajstić information content (AvgIpc) is 3.03. The number of ether oxygens (including phenoxy) is 4. The highest BCUT2D eigenvalue weighted by atomic mass is 16.7. The number of nitrogens with one attached hydrogen (secondary N) is 2. The largest absolute Gasteiger partial charge is 0.444 e. The first-order chi connectivity index (χ1) is 13.2. The van der Waals surface area contributed by atoms with Gasteiger partial charge in [-0.2, -0.15) is 0 Å². The molecular weight excluding hydrogens is 368 g/mol. The van der Waals surface area contributed by atoms with E-state index in [4.69, 9.17) is 18.9 Å². The molecule has 0 aromatic heterocycles. The molecule has 2 unspecified atom stereocenters. The first kappa shape index (κ1) is 24.1. The minimum absolute atomic E-state index is 0.132. The Morgan fingerprint density at radius 3 is 2.61 bits per heavy atom. The summed E-state index contributed by atoms with van der Waals surface area (Å²) in [5.74, 6) is -1.96. The predicted molar refractivity (Wildman–Crippen MR) is 102 cm³/mol. The lowest BCUT2D eigenvalue weighted by Gasteiger charge is -2.25. The number of allylic oxidation sites excluding steroid dienone is 3. The van der Waals surface area contributed by atoms with Gasteiger partial charge >= 0.3 is 6.09 Å². The fourth-order valence-corrected chi connectivity index (χ4v) is 2.62. The van der Waals surface area contributed by atoms with Crippen LogP contribution in [-0.2, 0) is 23.7 Å². The molecule has 1 aliphatic rings. The molecule has 2 amide bonds. The zero-order chi connectivity index (χ0) is 21.2. The van der Waals surface area contributed by atoms with Crippen LogP contribution < -0.4 is 10.9 Å². The lowest BCUT2D eigenvalue weighted by molar-refractivity contribution is -0.246. The number of aliphatic hydroxyl groups is 1. The zero-order valence-electron chi connectivity index (χ0n) is 17.2. The molecule has 28 heavy (non-hydrogen) atoms. The highest BCUT2D eigenvalue weighted by Gasteiger charge is 2.42. The molecule has 9 nitrogen and oxygen atoms in total. The van der Waals surface area contributed by atoms with Crippen LogP contribution in [0.15, 0.2) is 23.8 Å². The van der Waals surface area contributed by atoms with E-state index in [1.165, 1.54) is 21.0 Å². The summed E-state index contributed by atoms with van der Waals surface area (Å²) in [6, 6.07) is 0. The third-order valence-corrected chi connectivity index (χ3v) is 3.80. The molecule has 0 aliphatic carbocycles. The molecule has 0 spiro atoms. The highest BCUT2D eigenvalue weighted by molar-refractivity contribution is 5.83. The van der Waals surface area contributed by atoms with E-state index in [0.29, 0.717) is 6.42 Å². The van der Waals surface area contributed by atoms with Gasteiger partial charge in [-0.05, 0) is 39.2 Å². The average molecular weight is 400 g/mol. The fraction of sp³-hybridized carbons (Fsp3) is 0.684. The first-order valence-corrected chi connectivity index (χ1v) is 9.30. The third-order valence-electron chi connectivity index (χ3n) is 3.80. The Kier molecular flexibility index (Phi) is 10.2. The van der Waals surface area contributed by atoms with Crippen molar-refractivity contribution in [2.24, 2.45) is 0 Å². The maximum absolute atomic E-state index is 12.2. The van der Waals surface area contributed by atoms with E-state index in [-0.39, 0.29) is 13.0 Å². The minimum Gasteiger partial charge on any atom is -0.444 e. The quantitative estimate of drug-likeness (QED) is 0.308. The van der Waals surface area contributed by atoms with E-state index in [2.05, 4.69) is 10.9 Å². The summed E-state index contributed by atoms with van der Waals surface area (Å²) in [6.07, 6.45) is 4.48. The summed E-state index contributed by atoms with van der Waals surface area (Å²) < 4.78 is 21.1. The van der Waals surface area contributed by atoms with Crippen LogP contribution in [0.5, 0.6) is 0 Å². The summed E-state index contributed by atoms with van der Waals surface area (Å²) in [5.41, 5.74) is 5.42. The molecule has 1 heterocycles. The number of hydrazine groups is 1. The van der Waals surface area contributed by atoms with Crippen LogP contribution in [-0.4, -0.2) is 55.1 Å². The van der Waals surface area contributed by atoms with Gasteiger partial charge in [-0.25, -0.2) is 10.2 Å². The maximum Gasteiger partial charge on any atom is 0.426 e. The lowest BCUT2D eigenvalue weighted by Crippen LogP contribution is -2.46. The Labute approximate surface area is 166 Å². The Balaban J connectivity index is 2.44. The minimum atomic E-state index is -1.39. The molecule has 160 valence electrons. The normalized spacial score (nSPS) is 23.1. The smallest absolute Gasteiger partial charge is 0.426 e. The van der Waals surface area contributed by atoms with Crippen molar-refractivity contribution in [3.63, 3.8) is 0 Å². The maximum atomic E-state index is 12.2. The van der Waals surface area contributed by atoms with Gasteiger partial charge < -0.3 is 24.1 Å². The molecule has 9 heteroatoms. The Morgan fingerprint density at radius 2 is 2.04 bits per heavy atom. The molecular formula is C19H32N2O7. The van der Waals surface area contributed by atoms with Gasteiger partial charge in [-0.1, -0.05) is 25.2 Å². The van der Waals surface area contributed by atoms with E-state index < -0.39 is 36.3 Å². The second kappa shape index (κ2) is 11.8. The first-order valence-electron chi connectivity index (χ1n) is 9.30. The van der Waals surface area contributed by atoms with Crippen LogP contribution in [0.1, 0.15) is 47.0 Å². The molecule has 0 saturated carbocycles. The number of hydrogen-bond acceptors (Lipinski definition) is 7. The van der Waals surface area contributed by atoms with Gasteiger partial charge in [-0.3, -0.25) is 10.2 Å². The second-order valence-electron chi connectivity index (χ2n) is 6.80. The van der Waals surface area contributed by atoms with Crippen molar-refractivity contribution in [3.8, 4) is 0 Å². The summed E-state index contributed by atoms with van der Waals surface area (Å²) in [6.45, 7) is 7.00. The molecule has 1 saturated heterocycles. The molecule has 1 rings (SSSR count). The van der Waals surface area contributed by atoms with Crippen LogP contribution in [0.2, 0.25) is 0 Å². The fourth-order valence-electron chi connectivity index (χ4n) is 2.62. The molecule has 0 bridgehead atoms.